The summed E-state index contributed by atoms with van der Waals surface area (Å²) in [4.78, 5) is 29.3. The molecule has 0 atom stereocenters. The van der Waals surface area contributed by atoms with E-state index in [9.17, 15) is 0 Å². The van der Waals surface area contributed by atoms with Crippen molar-refractivity contribution in [2.45, 2.75) is 0 Å². The van der Waals surface area contributed by atoms with E-state index in [1.165, 1.54) is 0 Å². The van der Waals surface area contributed by atoms with Gasteiger partial charge in [0.05, 0.1) is 0 Å². The van der Waals surface area contributed by atoms with Gasteiger partial charge in [-0.25, -0.2) is 0 Å². The minimum absolute atomic E-state index is 0. The first-order valence-electron chi connectivity index (χ1n) is 0.894. The predicted octanol–water partition coefficient (Wildman–Crippen LogP) is -11.5. The Morgan fingerprint density at radius 2 is 0.375 bits per heavy atom. The zero-order chi connectivity index (χ0) is 4.50. The first-order chi connectivity index (χ1) is 2.00. The van der Waals surface area contributed by atoms with Crippen LogP contribution in [-0.2, 0) is 0 Å². The summed E-state index contributed by atoms with van der Waals surface area (Å²) in [6.45, 7) is 0. The van der Waals surface area contributed by atoms with Gasteiger partial charge in [0.1, 0.15) is 0 Å². The van der Waals surface area contributed by atoms with Gasteiger partial charge in [-0.1, -0.05) is 0 Å². The Morgan fingerprint density at radius 3 is 0.375 bits per heavy atom. The van der Waals surface area contributed by atoms with Crippen LogP contribution in [0, 0.1) is 0 Å². The molecule has 0 aromatic heterocycles. The van der Waals surface area contributed by atoms with Crippen molar-refractivity contribution in [3.63, 3.8) is 0 Å². The van der Waals surface area contributed by atoms with E-state index in [4.69, 9.17) is 19.2 Å². The van der Waals surface area contributed by atoms with Gasteiger partial charge in [-0.3, -0.25) is 0 Å². The molecule has 0 aliphatic heterocycles. The van der Waals surface area contributed by atoms with E-state index in [2.05, 4.69) is 0 Å². The second-order valence-electron chi connectivity index (χ2n) is 0.600. The fraction of sp³-hybridized carbons (Fsp3) is 0. The van der Waals surface area contributed by atoms with Crippen LogP contribution in [0.2, 0.25) is 0 Å². The summed E-state index contributed by atoms with van der Waals surface area (Å²) in [7, 11) is -4.61. The van der Waals surface area contributed by atoms with Gasteiger partial charge >= 0.3 is 38.6 Å². The van der Waals surface area contributed by atoms with Gasteiger partial charge in [0, 0.05) is 0 Å². The zero-order valence-electron chi connectivity index (χ0n) is 7.29. The summed E-state index contributed by atoms with van der Waals surface area (Å²) < 4.78 is 0. The summed E-state index contributed by atoms with van der Waals surface area (Å²) in [6, 6.07) is 0. The van der Waals surface area contributed by atoms with Crippen molar-refractivity contribution < 1.29 is 73.9 Å². The molecule has 0 rings (SSSR count). The molecular formula is H25NaO14Si. The van der Waals surface area contributed by atoms with Crippen molar-refractivity contribution in [1.29, 1.82) is 0 Å². The van der Waals surface area contributed by atoms with Crippen molar-refractivity contribution in [2.75, 3.05) is 0 Å². The third kappa shape index (κ3) is 6340. The van der Waals surface area contributed by atoms with E-state index < -0.39 is 9.05 Å². The van der Waals surface area contributed by atoms with Crippen molar-refractivity contribution in [3.8, 4) is 0 Å². The van der Waals surface area contributed by atoms with Gasteiger partial charge in [0.15, 0.2) is 0 Å². The van der Waals surface area contributed by atoms with Gasteiger partial charge in [-0.15, -0.1) is 0 Å². The van der Waals surface area contributed by atoms with Crippen LogP contribution >= 0.6 is 0 Å². The summed E-state index contributed by atoms with van der Waals surface area (Å²) in [5, 5.41) is 0. The topological polar surface area (TPSA) is 396 Å². The molecule has 0 aromatic carbocycles. The predicted molar refractivity (Wildman–Crippen MR) is 57.9 cm³/mol. The van der Waals surface area contributed by atoms with Crippen molar-refractivity contribution in [1.82, 2.24) is 0 Å². The maximum absolute atomic E-state index is 7.33. The molecule has 0 heterocycles. The van der Waals surface area contributed by atoms with Gasteiger partial charge in [-0.05, 0) is 0 Å². The molecular weight excluding hydrogens is 275 g/mol. The van der Waals surface area contributed by atoms with E-state index >= 15 is 0 Å². The minimum atomic E-state index is -4.61. The third-order valence-corrected chi connectivity index (χ3v) is 0. The second kappa shape index (κ2) is 75.9. The summed E-state index contributed by atoms with van der Waals surface area (Å²) in [6.07, 6.45) is 0. The molecule has 16 heteroatoms. The van der Waals surface area contributed by atoms with Crippen molar-refractivity contribution in [3.05, 3.63) is 0 Å². The third-order valence-electron chi connectivity index (χ3n) is 0. The Hall–Kier alpha value is 0.657. The van der Waals surface area contributed by atoms with E-state index in [0.717, 1.165) is 0 Å². The van der Waals surface area contributed by atoms with Gasteiger partial charge in [-0.2, -0.15) is 0 Å². The molecule has 0 aromatic rings. The molecule has 0 amide bonds. The van der Waals surface area contributed by atoms with Gasteiger partial charge in [0.2, 0.25) is 0 Å². The van der Waals surface area contributed by atoms with E-state index in [0.29, 0.717) is 0 Å². The first kappa shape index (κ1) is 188. The molecule has 0 bridgehead atoms. The van der Waals surface area contributed by atoms with Crippen LogP contribution in [0.1, 0.15) is 0 Å². The Labute approximate surface area is 113 Å². The standard InChI is InChI=1S/Na.H4O4Si.10H2O.H/c;1-5(2,3)4;;;;;;;;;;;/h;1-4H;10*1H2;. The number of hydrogen-bond donors (Lipinski definition) is 4. The maximum atomic E-state index is 7.33. The second-order valence-corrected chi connectivity index (χ2v) is 1.80. The molecule has 16 heavy (non-hydrogen) atoms. The Bertz CT molecular complexity index is 26.2. The summed E-state index contributed by atoms with van der Waals surface area (Å²) in [5.74, 6) is 0. The van der Waals surface area contributed by atoms with E-state index in [1.54, 1.807) is 0 Å². The Morgan fingerprint density at radius 1 is 0.375 bits per heavy atom. The summed E-state index contributed by atoms with van der Waals surface area (Å²) >= 11 is 0. The monoisotopic (exact) mass is 300 g/mol. The fourth-order valence-corrected chi connectivity index (χ4v) is 0. The van der Waals surface area contributed by atoms with Crippen LogP contribution in [0.25, 0.3) is 0 Å². The molecule has 0 spiro atoms. The van der Waals surface area contributed by atoms with Crippen LogP contribution in [0.4, 0.5) is 0 Å². The SMILES string of the molecule is O.O.O.O.O.O.O.O.O.O.O[Si](O)(O)O.[NaH]. The average molecular weight is 300 g/mol. The van der Waals surface area contributed by atoms with Gasteiger partial charge in [0.25, 0.3) is 0 Å². The molecule has 24 N–H and O–H groups in total. The van der Waals surface area contributed by atoms with Crippen molar-refractivity contribution in [2.24, 2.45) is 0 Å². The molecule has 0 aliphatic rings. The van der Waals surface area contributed by atoms with Gasteiger partial charge < -0.3 is 73.9 Å². The molecule has 0 aliphatic carbocycles. The van der Waals surface area contributed by atoms with Crippen LogP contribution in [-0.4, -0.2) is 113 Å². The molecule has 0 saturated heterocycles. The molecule has 0 unspecified atom stereocenters. The quantitative estimate of drug-likeness (QED) is 0.316. The normalized spacial score (nSPS) is 3.75. The van der Waals surface area contributed by atoms with E-state index in [1.807, 2.05) is 0 Å². The zero-order valence-corrected chi connectivity index (χ0v) is 8.29. The van der Waals surface area contributed by atoms with Crippen LogP contribution < -0.4 is 0 Å². The fourth-order valence-electron chi connectivity index (χ4n) is 0. The van der Waals surface area contributed by atoms with Crippen LogP contribution in [0.5, 0.6) is 0 Å². The van der Waals surface area contributed by atoms with Crippen LogP contribution in [0.15, 0.2) is 0 Å². The summed E-state index contributed by atoms with van der Waals surface area (Å²) in [5.41, 5.74) is 0. The number of rotatable bonds is 0. The first-order valence-corrected chi connectivity index (χ1v) is 2.68. The average Bonchev–Trinajstić information content (AvgIpc) is 0.722. The molecule has 0 radical (unpaired) electrons. The molecule has 0 saturated carbocycles. The molecule has 0 fully saturated rings. The Kier molecular flexibility index (Phi) is 893. The number of hydrogen-bond acceptors (Lipinski definition) is 4. The van der Waals surface area contributed by atoms with Crippen molar-refractivity contribution >= 4 is 38.6 Å². The van der Waals surface area contributed by atoms with Crippen LogP contribution in [0.3, 0.4) is 0 Å². The Balaban J connectivity index is -0.00000000145. The molecule has 114 valence electrons. The van der Waals surface area contributed by atoms with E-state index in [-0.39, 0.29) is 84.3 Å². The molecule has 14 nitrogen and oxygen atoms in total.